The number of allylic oxidation sites excluding steroid dienone is 12. The molecule has 0 rings (SSSR count). The lowest BCUT2D eigenvalue weighted by molar-refractivity contribution is -0.870. The molecule has 2 unspecified atom stereocenters. The van der Waals surface area contributed by atoms with Crippen LogP contribution in [0.2, 0.25) is 0 Å². The van der Waals surface area contributed by atoms with Gasteiger partial charge in [0.2, 0.25) is 0 Å². The maximum atomic E-state index is 12.8. The molecule has 0 N–H and O–H groups in total. The van der Waals surface area contributed by atoms with E-state index in [1.165, 1.54) is 180 Å². The zero-order valence-electron chi connectivity index (χ0n) is 50.9. The molecule has 77 heavy (non-hydrogen) atoms. The number of esters is 2. The smallest absolute Gasteiger partial charge is 0.306 e. The van der Waals surface area contributed by atoms with Crippen LogP contribution in [0.15, 0.2) is 72.9 Å². The molecule has 0 heterocycles. The molecule has 0 saturated heterocycles. The van der Waals surface area contributed by atoms with Gasteiger partial charge in [0.05, 0.1) is 27.7 Å². The van der Waals surface area contributed by atoms with Crippen molar-refractivity contribution in [2.45, 2.75) is 296 Å². The average molecular weight is 1100 g/mol. The van der Waals surface area contributed by atoms with Gasteiger partial charge in [-0.15, -0.1) is 0 Å². The van der Waals surface area contributed by atoms with Crippen LogP contribution in [-0.2, 0) is 32.7 Å². The quantitative estimate of drug-likeness (QED) is 0.0195. The van der Waals surface area contributed by atoms with E-state index in [0.29, 0.717) is 17.4 Å². The zero-order chi connectivity index (χ0) is 56.3. The highest BCUT2D eigenvalue weighted by atomic mass is 31.2. The monoisotopic (exact) mass is 1100 g/mol. The molecule has 0 aromatic rings. The summed E-state index contributed by atoms with van der Waals surface area (Å²) < 4.78 is 34.2. The number of phosphoric acid groups is 1. The van der Waals surface area contributed by atoms with Crippen LogP contribution in [-0.4, -0.2) is 70.0 Å². The van der Waals surface area contributed by atoms with Gasteiger partial charge in [0.25, 0.3) is 7.82 Å². The molecule has 9 nitrogen and oxygen atoms in total. The van der Waals surface area contributed by atoms with Crippen molar-refractivity contribution in [3.8, 4) is 0 Å². The van der Waals surface area contributed by atoms with Gasteiger partial charge in [-0.25, -0.2) is 0 Å². The van der Waals surface area contributed by atoms with E-state index in [1.54, 1.807) is 0 Å². The summed E-state index contributed by atoms with van der Waals surface area (Å²) in [7, 11) is 1.18. The number of ether oxygens (including phenoxy) is 2. The highest BCUT2D eigenvalue weighted by Crippen LogP contribution is 2.38. The van der Waals surface area contributed by atoms with Crippen molar-refractivity contribution in [3.63, 3.8) is 0 Å². The lowest BCUT2D eigenvalue weighted by Gasteiger charge is -2.28. The van der Waals surface area contributed by atoms with Crippen molar-refractivity contribution in [3.05, 3.63) is 72.9 Å². The normalized spacial score (nSPS) is 13.7. The molecule has 0 bridgehead atoms. The predicted octanol–water partition coefficient (Wildman–Crippen LogP) is 19.8. The maximum Gasteiger partial charge on any atom is 0.306 e. The number of quaternary nitrogens is 1. The Bertz CT molecular complexity index is 1530. The summed E-state index contributed by atoms with van der Waals surface area (Å²) in [6.07, 6.45) is 76.9. The van der Waals surface area contributed by atoms with Gasteiger partial charge in [0.1, 0.15) is 19.8 Å². The lowest BCUT2D eigenvalue weighted by Crippen LogP contribution is -2.37. The molecule has 448 valence electrons. The first-order chi connectivity index (χ1) is 37.5. The second-order valence-corrected chi connectivity index (χ2v) is 24.2. The first kappa shape index (κ1) is 74.5. The van der Waals surface area contributed by atoms with E-state index < -0.39 is 26.5 Å². The Balaban J connectivity index is 3.93. The van der Waals surface area contributed by atoms with Crippen LogP contribution in [0.25, 0.3) is 0 Å². The molecule has 0 saturated carbocycles. The topological polar surface area (TPSA) is 111 Å². The molecular formula is C67H122NO8P. The first-order valence-electron chi connectivity index (χ1n) is 32.1. The molecule has 0 amide bonds. The Morgan fingerprint density at radius 1 is 0.416 bits per heavy atom. The van der Waals surface area contributed by atoms with Crippen LogP contribution >= 0.6 is 7.82 Å². The molecule has 0 aromatic heterocycles. The number of rotatable bonds is 59. The van der Waals surface area contributed by atoms with Crippen LogP contribution in [0.4, 0.5) is 0 Å². The SMILES string of the molecule is CC/C=C\C/C=C\C/C=C\C/C=C\C/C=C\C/C=C\CCCCCCCCCCCCCCCCCCCCCCC(=O)OC(COC(=O)CCCCCCCCCCCCCCCC)COP(=O)([O-])OCC[N+](C)(C)C. The van der Waals surface area contributed by atoms with Crippen molar-refractivity contribution in [2.24, 2.45) is 0 Å². The van der Waals surface area contributed by atoms with Gasteiger partial charge in [-0.1, -0.05) is 286 Å². The second-order valence-electron chi connectivity index (χ2n) is 22.8. The third-order valence-corrected chi connectivity index (χ3v) is 15.0. The molecule has 0 fully saturated rings. The standard InChI is InChI=1S/C67H122NO8P/c1-6-8-10-12-14-16-18-20-22-23-24-25-26-27-28-29-30-31-32-33-34-35-36-37-38-39-40-41-42-43-44-45-46-48-50-52-54-56-58-60-67(70)76-65(64-75-77(71,72)74-62-61-68(3,4)5)63-73-66(69)59-57-55-53-51-49-47-21-19-17-15-13-11-9-7-2/h8,10,14,16,20,22,24-25,27-28,30-31,65H,6-7,9,11-13,15,17-19,21,23,26,29,32-64H2,1-5H3/b10-8-,16-14-,22-20-,25-24-,28-27-,31-30-. The maximum absolute atomic E-state index is 12.8. The van der Waals surface area contributed by atoms with Crippen LogP contribution in [0.5, 0.6) is 0 Å². The number of likely N-dealkylation sites (N-methyl/N-ethyl adjacent to an activating group) is 1. The highest BCUT2D eigenvalue weighted by molar-refractivity contribution is 7.45. The number of hydrogen-bond acceptors (Lipinski definition) is 8. The lowest BCUT2D eigenvalue weighted by atomic mass is 10.0. The molecule has 0 radical (unpaired) electrons. The Labute approximate surface area is 476 Å². The van der Waals surface area contributed by atoms with Gasteiger partial charge in [0.15, 0.2) is 6.10 Å². The van der Waals surface area contributed by atoms with Gasteiger partial charge in [-0.05, 0) is 64.2 Å². The number of unbranched alkanes of at least 4 members (excludes halogenated alkanes) is 33. The Morgan fingerprint density at radius 3 is 1.10 bits per heavy atom. The molecule has 0 aliphatic rings. The summed E-state index contributed by atoms with van der Waals surface area (Å²) in [5.74, 6) is -0.820. The fourth-order valence-electron chi connectivity index (χ4n) is 9.07. The van der Waals surface area contributed by atoms with Gasteiger partial charge < -0.3 is 27.9 Å². The van der Waals surface area contributed by atoms with E-state index in [2.05, 4.69) is 86.8 Å². The van der Waals surface area contributed by atoms with Gasteiger partial charge in [-0.3, -0.25) is 14.2 Å². The third kappa shape index (κ3) is 62.5. The van der Waals surface area contributed by atoms with Crippen molar-refractivity contribution < 1.29 is 42.1 Å². The van der Waals surface area contributed by atoms with Gasteiger partial charge in [0, 0.05) is 12.8 Å². The van der Waals surface area contributed by atoms with E-state index in [0.717, 1.165) is 77.0 Å². The van der Waals surface area contributed by atoms with E-state index in [1.807, 2.05) is 21.1 Å². The summed E-state index contributed by atoms with van der Waals surface area (Å²) in [6, 6.07) is 0. The van der Waals surface area contributed by atoms with Crippen LogP contribution in [0.1, 0.15) is 290 Å². The van der Waals surface area contributed by atoms with Crippen molar-refractivity contribution in [1.29, 1.82) is 0 Å². The van der Waals surface area contributed by atoms with Crippen LogP contribution in [0.3, 0.4) is 0 Å². The van der Waals surface area contributed by atoms with E-state index >= 15 is 0 Å². The first-order valence-corrected chi connectivity index (χ1v) is 33.6. The number of carbonyl (C=O) groups is 2. The van der Waals surface area contributed by atoms with Crippen molar-refractivity contribution >= 4 is 19.8 Å². The van der Waals surface area contributed by atoms with Crippen LogP contribution < -0.4 is 4.89 Å². The third-order valence-electron chi connectivity index (χ3n) is 14.0. The Hall–Kier alpha value is -2.55. The molecule has 0 aliphatic carbocycles. The minimum absolute atomic E-state index is 0.0293. The Kier molecular flexibility index (Phi) is 56.2. The van der Waals surface area contributed by atoms with Crippen LogP contribution in [0, 0.1) is 0 Å². The van der Waals surface area contributed by atoms with Gasteiger partial charge >= 0.3 is 11.9 Å². The summed E-state index contributed by atoms with van der Waals surface area (Å²) in [5.41, 5.74) is 0. The fourth-order valence-corrected chi connectivity index (χ4v) is 9.80. The molecule has 10 heteroatoms. The number of nitrogens with zero attached hydrogens (tertiary/aromatic N) is 1. The molecule has 0 aliphatic heterocycles. The summed E-state index contributed by atoms with van der Waals surface area (Å²) in [6.45, 7) is 4.16. The fraction of sp³-hybridized carbons (Fsp3) is 0.791. The van der Waals surface area contributed by atoms with Crippen molar-refractivity contribution in [1.82, 2.24) is 0 Å². The van der Waals surface area contributed by atoms with Crippen molar-refractivity contribution in [2.75, 3.05) is 47.5 Å². The Morgan fingerprint density at radius 2 is 0.740 bits per heavy atom. The summed E-state index contributed by atoms with van der Waals surface area (Å²) in [5, 5.41) is 0. The largest absolute Gasteiger partial charge is 0.756 e. The van der Waals surface area contributed by atoms with E-state index in [4.69, 9.17) is 18.5 Å². The average Bonchev–Trinajstić information content (AvgIpc) is 3.39. The number of phosphoric ester groups is 1. The summed E-state index contributed by atoms with van der Waals surface area (Å²) in [4.78, 5) is 37.9. The zero-order valence-corrected chi connectivity index (χ0v) is 51.8. The highest BCUT2D eigenvalue weighted by Gasteiger charge is 2.22. The van der Waals surface area contributed by atoms with Gasteiger partial charge in [-0.2, -0.15) is 0 Å². The minimum atomic E-state index is -4.63. The molecule has 0 spiro atoms. The summed E-state index contributed by atoms with van der Waals surface area (Å²) >= 11 is 0. The number of hydrogen-bond donors (Lipinski definition) is 0. The van der Waals surface area contributed by atoms with E-state index in [9.17, 15) is 19.0 Å². The molecule has 0 aromatic carbocycles. The predicted molar refractivity (Wildman–Crippen MR) is 328 cm³/mol. The molecule has 2 atom stereocenters. The number of carbonyl (C=O) groups excluding carboxylic acids is 2. The minimum Gasteiger partial charge on any atom is -0.756 e. The second kappa shape index (κ2) is 58.1. The molecular weight excluding hydrogens is 978 g/mol. The van der Waals surface area contributed by atoms with E-state index in [-0.39, 0.29) is 32.0 Å².